The van der Waals surface area contributed by atoms with Crippen LogP contribution >= 0.6 is 0 Å². The van der Waals surface area contributed by atoms with Crippen molar-refractivity contribution in [1.29, 1.82) is 0 Å². The molecule has 0 aliphatic carbocycles. The summed E-state index contributed by atoms with van der Waals surface area (Å²) in [7, 11) is 3.15. The molecule has 0 saturated heterocycles. The van der Waals surface area contributed by atoms with Crippen LogP contribution in [-0.4, -0.2) is 31.3 Å². The van der Waals surface area contributed by atoms with E-state index < -0.39 is 0 Å². The molecule has 108 valence electrons. The van der Waals surface area contributed by atoms with Gasteiger partial charge in [0, 0.05) is 11.8 Å². The second-order valence-corrected chi connectivity index (χ2v) is 4.03. The molecule has 2 N–H and O–H groups in total. The molecule has 1 aromatic carbocycles. The van der Waals surface area contributed by atoms with Crippen LogP contribution in [0.5, 0.6) is 11.5 Å². The number of hydrogen-bond acceptors (Lipinski definition) is 5. The fraction of sp³-hybridized carbons (Fsp3) is 0.133. The smallest absolute Gasteiger partial charge is 0.171 e. The van der Waals surface area contributed by atoms with Gasteiger partial charge in [-0.25, -0.2) is 0 Å². The van der Waals surface area contributed by atoms with Crippen LogP contribution in [0.3, 0.4) is 0 Å². The van der Waals surface area contributed by atoms with Crippen LogP contribution < -0.4 is 15.2 Å². The highest BCUT2D eigenvalue weighted by Gasteiger charge is 2.07. The molecule has 0 aliphatic rings. The van der Waals surface area contributed by atoms with Crippen LogP contribution in [0.1, 0.15) is 11.3 Å². The lowest BCUT2D eigenvalue weighted by molar-refractivity contribution is 0.354. The number of nitrogens with zero attached hydrogens (tertiary/aromatic N) is 3. The molecule has 0 radical (unpaired) electrons. The summed E-state index contributed by atoms with van der Waals surface area (Å²) in [6.45, 7) is 0. The predicted molar refractivity (Wildman–Crippen MR) is 82.1 cm³/mol. The zero-order chi connectivity index (χ0) is 15.1. The summed E-state index contributed by atoms with van der Waals surface area (Å²) in [5, 5.41) is 7.89. The Morgan fingerprint density at radius 3 is 2.67 bits per heavy atom. The Kier molecular flexibility index (Phi) is 4.87. The summed E-state index contributed by atoms with van der Waals surface area (Å²) in [5.74, 6) is 1.46. The average molecular weight is 284 g/mol. The first-order valence-corrected chi connectivity index (χ1v) is 6.25. The number of methoxy groups -OCH3 is 2. The maximum Gasteiger partial charge on any atom is 0.171 e. The summed E-state index contributed by atoms with van der Waals surface area (Å²) in [4.78, 5) is 4.09. The van der Waals surface area contributed by atoms with Gasteiger partial charge in [0.1, 0.15) is 5.69 Å². The number of pyridine rings is 1. The molecule has 2 aromatic rings. The number of amidine groups is 1. The largest absolute Gasteiger partial charge is 0.493 e. The molecule has 21 heavy (non-hydrogen) atoms. The molecule has 1 heterocycles. The van der Waals surface area contributed by atoms with Gasteiger partial charge in [-0.3, -0.25) is 4.98 Å². The topological polar surface area (TPSA) is 82.1 Å². The number of ether oxygens (including phenoxy) is 2. The monoisotopic (exact) mass is 284 g/mol. The molecule has 0 atom stereocenters. The van der Waals surface area contributed by atoms with Crippen molar-refractivity contribution in [3.05, 3.63) is 53.9 Å². The first-order chi connectivity index (χ1) is 10.3. The highest BCUT2D eigenvalue weighted by molar-refractivity contribution is 5.96. The molecule has 1 aromatic heterocycles. The summed E-state index contributed by atoms with van der Waals surface area (Å²) < 4.78 is 10.5. The standard InChI is InChI=1S/C15H16N4O2/c1-20-13-8-5-6-11(14(13)21-2)10-18-19-15(16)12-7-3-4-9-17-12/h3-10H,1-2H3,(H2,16,19)/b18-10+. The number of aromatic nitrogens is 1. The van der Waals surface area contributed by atoms with E-state index in [0.29, 0.717) is 17.2 Å². The maximum atomic E-state index is 5.80. The molecule has 0 bridgehead atoms. The number of nitrogens with two attached hydrogens (primary N) is 1. The van der Waals surface area contributed by atoms with Crippen LogP contribution in [0.15, 0.2) is 52.8 Å². The van der Waals surface area contributed by atoms with E-state index in [1.165, 1.54) is 0 Å². The second-order valence-electron chi connectivity index (χ2n) is 4.03. The highest BCUT2D eigenvalue weighted by Crippen LogP contribution is 2.29. The van der Waals surface area contributed by atoms with Crippen molar-refractivity contribution in [3.63, 3.8) is 0 Å². The van der Waals surface area contributed by atoms with E-state index in [-0.39, 0.29) is 5.84 Å². The Labute approximate surface area is 122 Å². The molecule has 6 heteroatoms. The Hall–Kier alpha value is -2.89. The van der Waals surface area contributed by atoms with Crippen molar-refractivity contribution < 1.29 is 9.47 Å². The Morgan fingerprint density at radius 2 is 2.00 bits per heavy atom. The number of benzene rings is 1. The zero-order valence-corrected chi connectivity index (χ0v) is 11.9. The van der Waals surface area contributed by atoms with Crippen molar-refractivity contribution in [2.75, 3.05) is 14.2 Å². The van der Waals surface area contributed by atoms with E-state index in [1.807, 2.05) is 24.3 Å². The minimum Gasteiger partial charge on any atom is -0.493 e. The van der Waals surface area contributed by atoms with Gasteiger partial charge in [0.2, 0.25) is 0 Å². The van der Waals surface area contributed by atoms with E-state index in [0.717, 1.165) is 5.56 Å². The molecule has 0 amide bonds. The Morgan fingerprint density at radius 1 is 1.14 bits per heavy atom. The molecule has 2 rings (SSSR count). The quantitative estimate of drug-likeness (QED) is 0.516. The van der Waals surface area contributed by atoms with Crippen LogP contribution in [0.4, 0.5) is 0 Å². The van der Waals surface area contributed by atoms with Gasteiger partial charge >= 0.3 is 0 Å². The van der Waals surface area contributed by atoms with Gasteiger partial charge in [0.25, 0.3) is 0 Å². The van der Waals surface area contributed by atoms with Gasteiger partial charge in [0.05, 0.1) is 20.4 Å². The fourth-order valence-electron chi connectivity index (χ4n) is 1.73. The van der Waals surface area contributed by atoms with Gasteiger partial charge in [-0.05, 0) is 24.3 Å². The Bertz CT molecular complexity index is 654. The van der Waals surface area contributed by atoms with Crippen molar-refractivity contribution in [2.45, 2.75) is 0 Å². The second kappa shape index (κ2) is 7.04. The van der Waals surface area contributed by atoms with E-state index >= 15 is 0 Å². The summed E-state index contributed by atoms with van der Waals surface area (Å²) >= 11 is 0. The van der Waals surface area contributed by atoms with E-state index in [2.05, 4.69) is 15.2 Å². The predicted octanol–water partition coefficient (Wildman–Crippen LogP) is 1.84. The van der Waals surface area contributed by atoms with Crippen LogP contribution in [0.2, 0.25) is 0 Å². The lowest BCUT2D eigenvalue weighted by Gasteiger charge is -2.08. The van der Waals surface area contributed by atoms with E-state index in [4.69, 9.17) is 15.2 Å². The number of para-hydroxylation sites is 1. The fourth-order valence-corrected chi connectivity index (χ4v) is 1.73. The molecular weight excluding hydrogens is 268 g/mol. The summed E-state index contributed by atoms with van der Waals surface area (Å²) in [5.41, 5.74) is 7.12. The lowest BCUT2D eigenvalue weighted by Crippen LogP contribution is -2.14. The minimum atomic E-state index is 0.244. The lowest BCUT2D eigenvalue weighted by atomic mass is 10.2. The molecule has 0 spiro atoms. The summed E-state index contributed by atoms with van der Waals surface area (Å²) in [6.07, 6.45) is 3.20. The third-order valence-corrected chi connectivity index (χ3v) is 2.72. The van der Waals surface area contributed by atoms with Gasteiger partial charge in [-0.15, -0.1) is 5.10 Å². The van der Waals surface area contributed by atoms with Crippen molar-refractivity contribution in [3.8, 4) is 11.5 Å². The first-order valence-electron chi connectivity index (χ1n) is 6.25. The van der Waals surface area contributed by atoms with Crippen LogP contribution in [0.25, 0.3) is 0 Å². The summed E-state index contributed by atoms with van der Waals surface area (Å²) in [6, 6.07) is 10.9. The third-order valence-electron chi connectivity index (χ3n) is 2.72. The average Bonchev–Trinajstić information content (AvgIpc) is 2.55. The number of hydrogen-bond donors (Lipinski definition) is 1. The van der Waals surface area contributed by atoms with Crippen LogP contribution in [0, 0.1) is 0 Å². The molecule has 0 fully saturated rings. The van der Waals surface area contributed by atoms with Crippen molar-refractivity contribution >= 4 is 12.1 Å². The van der Waals surface area contributed by atoms with Gasteiger partial charge in [0.15, 0.2) is 17.3 Å². The number of rotatable bonds is 5. The molecule has 6 nitrogen and oxygen atoms in total. The Balaban J connectivity index is 2.22. The SMILES string of the molecule is COc1cccc(/C=N/N=C(\N)c2ccccn2)c1OC. The minimum absolute atomic E-state index is 0.244. The molecular formula is C15H16N4O2. The van der Waals surface area contributed by atoms with Gasteiger partial charge < -0.3 is 15.2 Å². The van der Waals surface area contributed by atoms with Crippen LogP contribution in [-0.2, 0) is 0 Å². The normalized spacial score (nSPS) is 11.6. The zero-order valence-electron chi connectivity index (χ0n) is 11.9. The van der Waals surface area contributed by atoms with E-state index in [9.17, 15) is 0 Å². The molecule has 0 saturated carbocycles. The van der Waals surface area contributed by atoms with Crippen molar-refractivity contribution in [2.24, 2.45) is 15.9 Å². The van der Waals surface area contributed by atoms with Gasteiger partial charge in [-0.2, -0.15) is 5.10 Å². The van der Waals surface area contributed by atoms with Gasteiger partial charge in [-0.1, -0.05) is 12.1 Å². The first kappa shape index (κ1) is 14.5. The van der Waals surface area contributed by atoms with E-state index in [1.54, 1.807) is 38.8 Å². The molecule has 0 aliphatic heterocycles. The maximum absolute atomic E-state index is 5.80. The molecule has 0 unspecified atom stereocenters. The van der Waals surface area contributed by atoms with Crippen molar-refractivity contribution in [1.82, 2.24) is 4.98 Å². The third kappa shape index (κ3) is 3.56. The highest BCUT2D eigenvalue weighted by atomic mass is 16.5.